The van der Waals surface area contributed by atoms with Crippen molar-refractivity contribution in [3.8, 4) is 0 Å². The number of carbonyl (C=O) groups excluding carboxylic acids is 2. The molecule has 0 saturated heterocycles. The highest BCUT2D eigenvalue weighted by Crippen LogP contribution is 2.28. The maximum absolute atomic E-state index is 14.6. The third-order valence-corrected chi connectivity index (χ3v) is 8.23. The fourth-order valence-electron chi connectivity index (χ4n) is 4.13. The standard InChI is InChI=1S/C29H21F6N3O5S/c30-19-8-12-21(13-9-19)44(42,43)37(15-22-24(31)26(33)28(35)27(34)25(22)32)16-23(39)38(14-17-4-2-1-3-5-17)20-10-6-18(7-11-20)29(40)36-41/h1-13,41H,14-16H2,(H,36,40). The SMILES string of the molecule is O=C(NO)c1ccc(N(Cc2ccccc2)C(=O)CN(Cc2c(F)c(F)c(F)c(F)c2F)S(=O)(=O)c2ccc(F)cc2)cc1. The molecule has 0 radical (unpaired) electrons. The van der Waals surface area contributed by atoms with Crippen LogP contribution in [0.4, 0.5) is 32.0 Å². The summed E-state index contributed by atoms with van der Waals surface area (Å²) in [6.45, 7) is -2.82. The molecule has 0 saturated carbocycles. The van der Waals surface area contributed by atoms with Gasteiger partial charge in [0.2, 0.25) is 21.7 Å². The van der Waals surface area contributed by atoms with Crippen LogP contribution in [-0.4, -0.2) is 36.3 Å². The Bertz CT molecular complexity index is 1760. The lowest BCUT2D eigenvalue weighted by atomic mass is 10.1. The summed E-state index contributed by atoms with van der Waals surface area (Å²) >= 11 is 0. The molecule has 0 aliphatic carbocycles. The number of anilines is 1. The second-order valence-electron chi connectivity index (χ2n) is 9.23. The van der Waals surface area contributed by atoms with Gasteiger partial charge in [-0.3, -0.25) is 14.8 Å². The molecule has 4 aromatic rings. The van der Waals surface area contributed by atoms with Crippen LogP contribution in [-0.2, 0) is 27.9 Å². The largest absolute Gasteiger partial charge is 0.307 e. The summed E-state index contributed by atoms with van der Waals surface area (Å²) in [6.07, 6.45) is 0. The molecule has 0 aromatic heterocycles. The Hall–Kier alpha value is -4.73. The fourth-order valence-corrected chi connectivity index (χ4v) is 5.49. The lowest BCUT2D eigenvalue weighted by Gasteiger charge is -2.28. The lowest BCUT2D eigenvalue weighted by Crippen LogP contribution is -2.43. The highest BCUT2D eigenvalue weighted by Gasteiger charge is 2.34. The van der Waals surface area contributed by atoms with E-state index in [0.29, 0.717) is 5.56 Å². The van der Waals surface area contributed by atoms with Gasteiger partial charge in [-0.15, -0.1) is 0 Å². The molecule has 15 heteroatoms. The maximum Gasteiger partial charge on any atom is 0.274 e. The van der Waals surface area contributed by atoms with E-state index in [1.165, 1.54) is 29.7 Å². The van der Waals surface area contributed by atoms with Crippen molar-refractivity contribution in [2.45, 2.75) is 18.0 Å². The molecule has 4 aromatic carbocycles. The van der Waals surface area contributed by atoms with E-state index in [1.807, 2.05) is 0 Å². The van der Waals surface area contributed by atoms with Crippen molar-refractivity contribution in [3.63, 3.8) is 0 Å². The van der Waals surface area contributed by atoms with Gasteiger partial charge < -0.3 is 4.90 Å². The molecule has 230 valence electrons. The van der Waals surface area contributed by atoms with Crippen LogP contribution in [0, 0.1) is 34.9 Å². The number of hydroxylamine groups is 1. The van der Waals surface area contributed by atoms with Crippen LogP contribution in [0.25, 0.3) is 0 Å². The number of hydrogen-bond donors (Lipinski definition) is 2. The minimum Gasteiger partial charge on any atom is -0.307 e. The monoisotopic (exact) mass is 637 g/mol. The van der Waals surface area contributed by atoms with Gasteiger partial charge >= 0.3 is 0 Å². The average molecular weight is 638 g/mol. The van der Waals surface area contributed by atoms with E-state index in [1.54, 1.807) is 30.3 Å². The average Bonchev–Trinajstić information content (AvgIpc) is 3.03. The molecule has 0 bridgehead atoms. The Morgan fingerprint density at radius 2 is 1.25 bits per heavy atom. The van der Waals surface area contributed by atoms with Gasteiger partial charge in [0.1, 0.15) is 5.82 Å². The topological polar surface area (TPSA) is 107 Å². The van der Waals surface area contributed by atoms with Crippen molar-refractivity contribution in [1.82, 2.24) is 9.79 Å². The molecule has 0 spiro atoms. The zero-order chi connectivity index (χ0) is 32.2. The number of halogens is 6. The van der Waals surface area contributed by atoms with Gasteiger partial charge in [0.25, 0.3) is 5.91 Å². The zero-order valence-electron chi connectivity index (χ0n) is 22.3. The van der Waals surface area contributed by atoms with Crippen LogP contribution in [0.3, 0.4) is 0 Å². The van der Waals surface area contributed by atoms with E-state index in [2.05, 4.69) is 0 Å². The van der Waals surface area contributed by atoms with Crippen LogP contribution in [0.5, 0.6) is 0 Å². The Morgan fingerprint density at radius 1 is 0.705 bits per heavy atom. The number of amides is 2. The second-order valence-corrected chi connectivity index (χ2v) is 11.2. The number of nitrogens with zero attached hydrogens (tertiary/aromatic N) is 2. The summed E-state index contributed by atoms with van der Waals surface area (Å²) in [6, 6.07) is 16.5. The summed E-state index contributed by atoms with van der Waals surface area (Å²) in [7, 11) is -4.92. The first kappa shape index (κ1) is 32.2. The van der Waals surface area contributed by atoms with E-state index >= 15 is 0 Å². The summed E-state index contributed by atoms with van der Waals surface area (Å²) < 4.78 is 112. The number of benzene rings is 4. The van der Waals surface area contributed by atoms with Gasteiger partial charge in [-0.05, 0) is 54.1 Å². The van der Waals surface area contributed by atoms with Gasteiger partial charge in [0.15, 0.2) is 23.3 Å². The highest BCUT2D eigenvalue weighted by atomic mass is 32.2. The summed E-state index contributed by atoms with van der Waals surface area (Å²) in [5.74, 6) is -14.4. The molecule has 0 heterocycles. The smallest absolute Gasteiger partial charge is 0.274 e. The van der Waals surface area contributed by atoms with E-state index in [4.69, 9.17) is 5.21 Å². The van der Waals surface area contributed by atoms with Gasteiger partial charge in [0, 0.05) is 23.4 Å². The molecule has 0 aliphatic rings. The number of carbonyl (C=O) groups is 2. The minimum absolute atomic E-state index is 0.00446. The Balaban J connectivity index is 1.79. The summed E-state index contributed by atoms with van der Waals surface area (Å²) in [5, 5.41) is 8.88. The van der Waals surface area contributed by atoms with Crippen LogP contribution in [0.15, 0.2) is 83.8 Å². The first-order valence-electron chi connectivity index (χ1n) is 12.5. The molecule has 0 aliphatic heterocycles. The fraction of sp³-hybridized carbons (Fsp3) is 0.103. The third kappa shape index (κ3) is 6.74. The van der Waals surface area contributed by atoms with Gasteiger partial charge in [-0.25, -0.2) is 40.2 Å². The van der Waals surface area contributed by atoms with Gasteiger partial charge in [-0.2, -0.15) is 4.31 Å². The van der Waals surface area contributed by atoms with E-state index in [9.17, 15) is 44.3 Å². The van der Waals surface area contributed by atoms with Crippen LogP contribution >= 0.6 is 0 Å². The second kappa shape index (κ2) is 13.3. The van der Waals surface area contributed by atoms with Gasteiger partial charge in [0.05, 0.1) is 18.0 Å². The normalized spacial score (nSPS) is 11.5. The summed E-state index contributed by atoms with van der Waals surface area (Å²) in [5.41, 5.74) is 0.581. The minimum atomic E-state index is -4.92. The molecular weight excluding hydrogens is 616 g/mol. The first-order chi connectivity index (χ1) is 20.8. The van der Waals surface area contributed by atoms with Crippen molar-refractivity contribution in [2.75, 3.05) is 11.4 Å². The lowest BCUT2D eigenvalue weighted by molar-refractivity contribution is -0.119. The van der Waals surface area contributed by atoms with Crippen molar-refractivity contribution in [1.29, 1.82) is 0 Å². The Kier molecular flexibility index (Phi) is 9.71. The third-order valence-electron chi connectivity index (χ3n) is 6.43. The predicted molar refractivity (Wildman–Crippen MR) is 144 cm³/mol. The van der Waals surface area contributed by atoms with E-state index in [0.717, 1.165) is 29.2 Å². The van der Waals surface area contributed by atoms with E-state index < -0.39 is 80.3 Å². The molecule has 8 nitrogen and oxygen atoms in total. The van der Waals surface area contributed by atoms with Crippen LogP contribution in [0.1, 0.15) is 21.5 Å². The predicted octanol–water partition coefficient (Wildman–Crippen LogP) is 5.06. The Morgan fingerprint density at radius 3 is 1.80 bits per heavy atom. The number of hydrogen-bond acceptors (Lipinski definition) is 5. The molecule has 2 amide bonds. The highest BCUT2D eigenvalue weighted by molar-refractivity contribution is 7.89. The molecule has 0 unspecified atom stereocenters. The van der Waals surface area contributed by atoms with Crippen molar-refractivity contribution >= 4 is 27.5 Å². The number of nitrogens with one attached hydrogen (secondary N) is 1. The molecule has 0 fully saturated rings. The number of sulfonamides is 1. The molecule has 4 rings (SSSR count). The van der Waals surface area contributed by atoms with Crippen molar-refractivity contribution in [3.05, 3.63) is 130 Å². The molecule has 2 N–H and O–H groups in total. The molecule has 0 atom stereocenters. The number of rotatable bonds is 10. The zero-order valence-corrected chi connectivity index (χ0v) is 23.1. The van der Waals surface area contributed by atoms with E-state index in [-0.39, 0.29) is 22.1 Å². The molecular formula is C29H21F6N3O5S. The van der Waals surface area contributed by atoms with Crippen LogP contribution in [0.2, 0.25) is 0 Å². The first-order valence-corrected chi connectivity index (χ1v) is 13.9. The van der Waals surface area contributed by atoms with Crippen molar-refractivity contribution < 1.29 is 49.6 Å². The van der Waals surface area contributed by atoms with Gasteiger partial charge in [-0.1, -0.05) is 30.3 Å². The summed E-state index contributed by atoms with van der Waals surface area (Å²) in [4.78, 5) is 25.9. The maximum atomic E-state index is 14.6. The quantitative estimate of drug-likeness (QED) is 0.0831. The molecule has 44 heavy (non-hydrogen) atoms. The van der Waals surface area contributed by atoms with Crippen molar-refractivity contribution in [2.24, 2.45) is 0 Å². The Labute approximate surface area is 246 Å². The van der Waals surface area contributed by atoms with Crippen LogP contribution < -0.4 is 10.4 Å².